The second-order valence-corrected chi connectivity index (χ2v) is 11.2. The van der Waals surface area contributed by atoms with Crippen LogP contribution in [0.1, 0.15) is 35.4 Å². The van der Waals surface area contributed by atoms with E-state index in [1.807, 2.05) is 103 Å². The summed E-state index contributed by atoms with van der Waals surface area (Å²) in [4.78, 5) is 28.9. The lowest BCUT2D eigenvalue weighted by Gasteiger charge is -2.37. The Morgan fingerprint density at radius 2 is 1.43 bits per heavy atom. The Morgan fingerprint density at radius 1 is 0.818 bits per heavy atom. The summed E-state index contributed by atoms with van der Waals surface area (Å²) in [7, 11) is 0. The van der Waals surface area contributed by atoms with Gasteiger partial charge in [0.15, 0.2) is 0 Å². The minimum atomic E-state index is -0.185. The summed E-state index contributed by atoms with van der Waals surface area (Å²) in [6.45, 7) is 2.67. The van der Waals surface area contributed by atoms with Gasteiger partial charge in [0.2, 0.25) is 5.91 Å². The van der Waals surface area contributed by atoms with Gasteiger partial charge in [-0.25, -0.2) is 14.0 Å². The normalized spacial score (nSPS) is 14.5. The molecule has 1 N–H and O–H groups in total. The zero-order chi connectivity index (χ0) is 30.1. The zero-order valence-electron chi connectivity index (χ0n) is 24.7. The van der Waals surface area contributed by atoms with Crippen molar-refractivity contribution in [2.75, 3.05) is 18.0 Å². The smallest absolute Gasteiger partial charge is 0.350 e. The summed E-state index contributed by atoms with van der Waals surface area (Å²) in [5.41, 5.74) is 4.98. The molecule has 1 aliphatic heterocycles. The van der Waals surface area contributed by atoms with E-state index in [0.29, 0.717) is 13.1 Å². The maximum Gasteiger partial charge on any atom is 0.350 e. The van der Waals surface area contributed by atoms with Crippen molar-refractivity contribution >= 4 is 17.7 Å². The number of benzene rings is 4. The molecule has 1 unspecified atom stereocenters. The number of piperidine rings is 1. The van der Waals surface area contributed by atoms with E-state index < -0.39 is 0 Å². The van der Waals surface area contributed by atoms with Crippen LogP contribution in [-0.4, -0.2) is 33.3 Å². The van der Waals surface area contributed by atoms with Crippen LogP contribution in [0.4, 0.5) is 5.69 Å². The molecular formula is C37H37N5O2. The highest BCUT2D eigenvalue weighted by Gasteiger charge is 2.32. The molecule has 1 aromatic heterocycles. The lowest BCUT2D eigenvalue weighted by atomic mass is 9.79. The largest absolute Gasteiger partial charge is 0.372 e. The Bertz CT molecular complexity index is 1720. The fraction of sp³-hybridized carbons (Fsp3) is 0.216. The average Bonchev–Trinajstić information content (AvgIpc) is 3.45. The molecule has 6 rings (SSSR count). The molecule has 222 valence electrons. The predicted octanol–water partition coefficient (Wildman–Crippen LogP) is 6.06. The molecule has 4 aromatic carbocycles. The molecule has 1 atom stereocenters. The summed E-state index contributed by atoms with van der Waals surface area (Å²) < 4.78 is 3.03. The number of rotatable bonds is 10. The molecule has 0 radical (unpaired) electrons. The van der Waals surface area contributed by atoms with Crippen molar-refractivity contribution in [3.05, 3.63) is 155 Å². The first-order valence-corrected chi connectivity index (χ1v) is 15.2. The maximum absolute atomic E-state index is 13.5. The van der Waals surface area contributed by atoms with E-state index in [1.54, 1.807) is 10.9 Å². The molecule has 1 fully saturated rings. The van der Waals surface area contributed by atoms with Crippen LogP contribution in [0.15, 0.2) is 132 Å². The lowest BCUT2D eigenvalue weighted by Crippen LogP contribution is -2.40. The predicted molar refractivity (Wildman–Crippen MR) is 176 cm³/mol. The van der Waals surface area contributed by atoms with Crippen LogP contribution in [0.5, 0.6) is 0 Å². The Balaban J connectivity index is 1.08. The summed E-state index contributed by atoms with van der Waals surface area (Å²) in [6.07, 6.45) is 7.34. The number of allylic oxidation sites excluding steroid dienone is 1. The highest BCUT2D eigenvalue weighted by Crippen LogP contribution is 2.34. The number of hydrogen-bond acceptors (Lipinski definition) is 4. The fourth-order valence-corrected chi connectivity index (χ4v) is 6.00. The molecule has 0 bridgehead atoms. The summed E-state index contributed by atoms with van der Waals surface area (Å²) in [6, 6.07) is 38.3. The minimum absolute atomic E-state index is 0.0874. The van der Waals surface area contributed by atoms with Gasteiger partial charge in [-0.05, 0) is 59.7 Å². The first-order chi connectivity index (χ1) is 21.7. The molecule has 0 spiro atoms. The molecule has 7 nitrogen and oxygen atoms in total. The summed E-state index contributed by atoms with van der Waals surface area (Å²) in [5.74, 6) is 0.156. The van der Waals surface area contributed by atoms with Gasteiger partial charge in [0.25, 0.3) is 0 Å². The van der Waals surface area contributed by atoms with Crippen molar-refractivity contribution in [2.24, 2.45) is 5.92 Å². The van der Waals surface area contributed by atoms with E-state index in [9.17, 15) is 9.59 Å². The van der Waals surface area contributed by atoms with Gasteiger partial charge in [-0.15, -0.1) is 0 Å². The van der Waals surface area contributed by atoms with Gasteiger partial charge in [0.1, 0.15) is 6.33 Å². The average molecular weight is 584 g/mol. The van der Waals surface area contributed by atoms with Crippen molar-refractivity contribution in [3.8, 4) is 5.69 Å². The number of nitrogens with zero attached hydrogens (tertiary/aromatic N) is 4. The topological polar surface area (TPSA) is 72.2 Å². The quantitative estimate of drug-likeness (QED) is 0.217. The summed E-state index contributed by atoms with van der Waals surface area (Å²) in [5, 5.41) is 7.50. The molecule has 1 aliphatic rings. The Hall–Kier alpha value is -5.17. The summed E-state index contributed by atoms with van der Waals surface area (Å²) >= 11 is 0. The van der Waals surface area contributed by atoms with Gasteiger partial charge < -0.3 is 10.2 Å². The number of amides is 1. The Labute approximate surface area is 258 Å². The van der Waals surface area contributed by atoms with E-state index in [0.717, 1.165) is 54.0 Å². The third kappa shape index (κ3) is 6.89. The van der Waals surface area contributed by atoms with Crippen molar-refractivity contribution in [3.63, 3.8) is 0 Å². The third-order valence-electron chi connectivity index (χ3n) is 8.38. The Kier molecular flexibility index (Phi) is 9.12. The van der Waals surface area contributed by atoms with Crippen molar-refractivity contribution in [2.45, 2.75) is 31.8 Å². The molecule has 1 amide bonds. The van der Waals surface area contributed by atoms with Crippen LogP contribution in [0.2, 0.25) is 0 Å². The molecule has 0 saturated carbocycles. The van der Waals surface area contributed by atoms with Gasteiger partial charge >= 0.3 is 5.69 Å². The molecule has 7 heteroatoms. The zero-order valence-corrected chi connectivity index (χ0v) is 24.7. The standard InChI is InChI=1S/C37H37N5O2/c43-36(38-27-30-13-6-2-7-14-30)35(31-16-8-3-9-17-31)32-22-25-40(26-23-32)33-18-20-34(21-19-33)41-28-39-42(37(41)44)24-10-15-29-11-4-1-5-12-29/h1-21,28,32,35H,22-27H2,(H,38,43)/b15-10+. The van der Waals surface area contributed by atoms with Crippen LogP contribution in [0, 0.1) is 5.92 Å². The first-order valence-electron chi connectivity index (χ1n) is 15.2. The van der Waals surface area contributed by atoms with Gasteiger partial charge in [0.05, 0.1) is 18.2 Å². The second-order valence-electron chi connectivity index (χ2n) is 11.2. The van der Waals surface area contributed by atoms with Crippen LogP contribution in [0.3, 0.4) is 0 Å². The monoisotopic (exact) mass is 583 g/mol. The highest BCUT2D eigenvalue weighted by atomic mass is 16.2. The number of carbonyl (C=O) groups is 1. The number of nitrogens with one attached hydrogen (secondary N) is 1. The van der Waals surface area contributed by atoms with Crippen LogP contribution >= 0.6 is 0 Å². The molecule has 0 aliphatic carbocycles. The number of hydrogen-bond donors (Lipinski definition) is 1. The third-order valence-corrected chi connectivity index (χ3v) is 8.38. The van der Waals surface area contributed by atoms with Gasteiger partial charge in [-0.3, -0.25) is 4.79 Å². The van der Waals surface area contributed by atoms with E-state index in [1.165, 1.54) is 4.68 Å². The van der Waals surface area contributed by atoms with E-state index >= 15 is 0 Å². The van der Waals surface area contributed by atoms with Gasteiger partial charge in [0, 0.05) is 25.3 Å². The van der Waals surface area contributed by atoms with Crippen molar-refractivity contribution < 1.29 is 4.79 Å². The van der Waals surface area contributed by atoms with Gasteiger partial charge in [-0.2, -0.15) is 5.10 Å². The lowest BCUT2D eigenvalue weighted by molar-refractivity contribution is -0.124. The van der Waals surface area contributed by atoms with E-state index in [4.69, 9.17) is 0 Å². The van der Waals surface area contributed by atoms with Crippen molar-refractivity contribution in [1.29, 1.82) is 0 Å². The molecule has 5 aromatic rings. The number of carbonyl (C=O) groups excluding carboxylic acids is 1. The van der Waals surface area contributed by atoms with Crippen molar-refractivity contribution in [1.82, 2.24) is 19.7 Å². The van der Waals surface area contributed by atoms with Crippen LogP contribution < -0.4 is 15.9 Å². The molecule has 1 saturated heterocycles. The van der Waals surface area contributed by atoms with Crippen LogP contribution in [0.25, 0.3) is 11.8 Å². The molecule has 44 heavy (non-hydrogen) atoms. The SMILES string of the molecule is O=C(NCc1ccccc1)C(c1ccccc1)C1CCN(c2ccc(-n3cnn(C/C=C/c4ccccc4)c3=O)cc2)CC1. The van der Waals surface area contributed by atoms with E-state index in [2.05, 4.69) is 39.6 Å². The first kappa shape index (κ1) is 28.9. The Morgan fingerprint density at radius 3 is 2.11 bits per heavy atom. The fourth-order valence-electron chi connectivity index (χ4n) is 6.00. The molecule has 2 heterocycles. The molecular weight excluding hydrogens is 546 g/mol. The highest BCUT2D eigenvalue weighted by molar-refractivity contribution is 5.84. The maximum atomic E-state index is 13.5. The number of anilines is 1. The van der Waals surface area contributed by atoms with Crippen LogP contribution in [-0.2, 0) is 17.9 Å². The number of aromatic nitrogens is 3. The minimum Gasteiger partial charge on any atom is -0.372 e. The van der Waals surface area contributed by atoms with E-state index in [-0.39, 0.29) is 23.4 Å². The van der Waals surface area contributed by atoms with Gasteiger partial charge in [-0.1, -0.05) is 103 Å². The second kappa shape index (κ2) is 13.9.